The summed E-state index contributed by atoms with van der Waals surface area (Å²) in [6, 6.07) is 2.21. The zero-order valence-corrected chi connectivity index (χ0v) is 12.9. The molecule has 1 aliphatic rings. The Bertz CT molecular complexity index is 402. The van der Waals surface area contributed by atoms with Crippen molar-refractivity contribution < 1.29 is 0 Å². The Morgan fingerprint density at radius 2 is 2.05 bits per heavy atom. The number of nitrogens with zero attached hydrogens (tertiary/aromatic N) is 3. The summed E-state index contributed by atoms with van der Waals surface area (Å²) in [4.78, 5) is 2.41. The Morgan fingerprint density at radius 1 is 1.37 bits per heavy atom. The molecule has 0 bridgehead atoms. The molecule has 1 aromatic heterocycles. The van der Waals surface area contributed by atoms with Gasteiger partial charge in [-0.1, -0.05) is 19.8 Å². The second-order valence-corrected chi connectivity index (χ2v) is 6.03. The smallest absolute Gasteiger partial charge is 0.0625 e. The maximum absolute atomic E-state index is 4.50. The van der Waals surface area contributed by atoms with Crippen molar-refractivity contribution in [2.75, 3.05) is 20.6 Å². The number of nitrogens with one attached hydrogen (secondary N) is 1. The molecule has 0 aromatic carbocycles. The van der Waals surface area contributed by atoms with Crippen LogP contribution in [0.2, 0.25) is 0 Å². The summed E-state index contributed by atoms with van der Waals surface area (Å²) >= 11 is 0. The molecule has 0 unspecified atom stereocenters. The van der Waals surface area contributed by atoms with Gasteiger partial charge in [-0.2, -0.15) is 5.10 Å². The molecule has 2 rings (SSSR count). The largest absolute Gasteiger partial charge is 0.309 e. The van der Waals surface area contributed by atoms with Crippen molar-refractivity contribution in [1.82, 2.24) is 20.0 Å². The summed E-state index contributed by atoms with van der Waals surface area (Å²) in [5.41, 5.74) is 2.83. The Balaban J connectivity index is 1.90. The molecule has 108 valence electrons. The second kappa shape index (κ2) is 6.06. The van der Waals surface area contributed by atoms with Gasteiger partial charge in [-0.15, -0.1) is 0 Å². The lowest BCUT2D eigenvalue weighted by Gasteiger charge is -2.36. The minimum atomic E-state index is 0.367. The van der Waals surface area contributed by atoms with Crippen molar-refractivity contribution in [2.45, 2.75) is 51.1 Å². The fraction of sp³-hybridized carbons (Fsp3) is 0.800. The average molecular weight is 264 g/mol. The van der Waals surface area contributed by atoms with Gasteiger partial charge in [0.05, 0.1) is 11.4 Å². The van der Waals surface area contributed by atoms with Gasteiger partial charge in [0.15, 0.2) is 0 Å². The molecule has 0 amide bonds. The highest BCUT2D eigenvalue weighted by Gasteiger charge is 2.35. The minimum absolute atomic E-state index is 0.367. The Morgan fingerprint density at radius 3 is 2.58 bits per heavy atom. The van der Waals surface area contributed by atoms with Crippen LogP contribution in [0.1, 0.15) is 44.0 Å². The van der Waals surface area contributed by atoms with E-state index in [0.717, 1.165) is 19.5 Å². The first-order chi connectivity index (χ1) is 9.07. The van der Waals surface area contributed by atoms with Crippen molar-refractivity contribution >= 4 is 0 Å². The van der Waals surface area contributed by atoms with E-state index < -0.39 is 0 Å². The molecule has 1 saturated carbocycles. The molecule has 0 atom stereocenters. The van der Waals surface area contributed by atoms with Gasteiger partial charge in [0.1, 0.15) is 0 Å². The molecule has 0 radical (unpaired) electrons. The van der Waals surface area contributed by atoms with Crippen LogP contribution in [-0.2, 0) is 20.0 Å². The standard InChI is InChI=1S/C15H28N4/c1-5-13-10-14(19(4)17-13)11-16-12-15(18(2)3)8-6-7-9-15/h10,16H,5-9,11-12H2,1-4H3. The molecular weight excluding hydrogens is 236 g/mol. The Labute approximate surface area is 117 Å². The number of hydrogen-bond donors (Lipinski definition) is 1. The molecule has 1 aromatic rings. The summed E-state index contributed by atoms with van der Waals surface area (Å²) in [5.74, 6) is 0. The SMILES string of the molecule is CCc1cc(CNCC2(N(C)C)CCCC2)n(C)n1. The van der Waals surface area contributed by atoms with Crippen molar-refractivity contribution in [3.8, 4) is 0 Å². The van der Waals surface area contributed by atoms with Crippen LogP contribution in [0.25, 0.3) is 0 Å². The monoisotopic (exact) mass is 264 g/mol. The third-order valence-electron chi connectivity index (χ3n) is 4.63. The second-order valence-electron chi connectivity index (χ2n) is 6.03. The van der Waals surface area contributed by atoms with E-state index in [1.54, 1.807) is 0 Å². The highest BCUT2D eigenvalue weighted by atomic mass is 15.3. The predicted molar refractivity (Wildman–Crippen MR) is 79.2 cm³/mol. The highest BCUT2D eigenvalue weighted by Crippen LogP contribution is 2.33. The van der Waals surface area contributed by atoms with Crippen LogP contribution >= 0.6 is 0 Å². The van der Waals surface area contributed by atoms with Gasteiger partial charge >= 0.3 is 0 Å². The van der Waals surface area contributed by atoms with Crippen LogP contribution in [0.3, 0.4) is 0 Å². The van der Waals surface area contributed by atoms with E-state index in [0.29, 0.717) is 5.54 Å². The van der Waals surface area contributed by atoms with Crippen LogP contribution in [0.4, 0.5) is 0 Å². The molecule has 0 aliphatic heterocycles. The Hall–Kier alpha value is -0.870. The molecule has 0 spiro atoms. The van der Waals surface area contributed by atoms with Gasteiger partial charge in [-0.05, 0) is 39.4 Å². The number of aryl methyl sites for hydroxylation is 2. The van der Waals surface area contributed by atoms with Crippen molar-refractivity contribution in [2.24, 2.45) is 7.05 Å². The third-order valence-corrected chi connectivity index (χ3v) is 4.63. The summed E-state index contributed by atoms with van der Waals surface area (Å²) in [6.45, 7) is 4.14. The first kappa shape index (κ1) is 14.5. The van der Waals surface area contributed by atoms with Gasteiger partial charge in [0.2, 0.25) is 0 Å². The van der Waals surface area contributed by atoms with E-state index in [-0.39, 0.29) is 0 Å². The fourth-order valence-corrected chi connectivity index (χ4v) is 3.15. The fourth-order valence-electron chi connectivity index (χ4n) is 3.15. The average Bonchev–Trinajstić information content (AvgIpc) is 2.98. The van der Waals surface area contributed by atoms with Crippen LogP contribution in [0.5, 0.6) is 0 Å². The van der Waals surface area contributed by atoms with Crippen LogP contribution in [0, 0.1) is 0 Å². The summed E-state index contributed by atoms with van der Waals surface area (Å²) in [6.07, 6.45) is 6.38. The highest BCUT2D eigenvalue weighted by molar-refractivity contribution is 5.10. The topological polar surface area (TPSA) is 33.1 Å². The summed E-state index contributed by atoms with van der Waals surface area (Å²) in [7, 11) is 6.46. The quantitative estimate of drug-likeness (QED) is 0.852. The molecule has 0 saturated heterocycles. The molecule has 4 nitrogen and oxygen atoms in total. The van der Waals surface area contributed by atoms with E-state index in [9.17, 15) is 0 Å². The van der Waals surface area contributed by atoms with E-state index in [1.165, 1.54) is 37.1 Å². The summed E-state index contributed by atoms with van der Waals surface area (Å²) < 4.78 is 2.00. The lowest BCUT2D eigenvalue weighted by atomic mass is 9.96. The van der Waals surface area contributed by atoms with Crippen LogP contribution in [0.15, 0.2) is 6.07 Å². The molecule has 4 heteroatoms. The number of aromatic nitrogens is 2. The van der Waals surface area contributed by atoms with Crippen molar-refractivity contribution in [3.05, 3.63) is 17.5 Å². The summed E-state index contributed by atoms with van der Waals surface area (Å²) in [5, 5.41) is 8.14. The molecular formula is C15H28N4. The van der Waals surface area contributed by atoms with Crippen LogP contribution < -0.4 is 5.32 Å². The first-order valence-corrected chi connectivity index (χ1v) is 7.47. The Kier molecular flexibility index (Phi) is 4.63. The number of rotatable bonds is 6. The molecule has 1 aliphatic carbocycles. The van der Waals surface area contributed by atoms with Gasteiger partial charge in [-0.3, -0.25) is 4.68 Å². The number of likely N-dealkylation sites (N-methyl/N-ethyl adjacent to an activating group) is 1. The lowest BCUT2D eigenvalue weighted by molar-refractivity contribution is 0.153. The molecule has 19 heavy (non-hydrogen) atoms. The van der Waals surface area contributed by atoms with Gasteiger partial charge in [-0.25, -0.2) is 0 Å². The van der Waals surface area contributed by atoms with E-state index >= 15 is 0 Å². The predicted octanol–water partition coefficient (Wildman–Crippen LogP) is 1.95. The van der Waals surface area contributed by atoms with E-state index in [2.05, 4.69) is 42.4 Å². The van der Waals surface area contributed by atoms with Crippen molar-refractivity contribution in [3.63, 3.8) is 0 Å². The van der Waals surface area contributed by atoms with Crippen LogP contribution in [-0.4, -0.2) is 40.9 Å². The minimum Gasteiger partial charge on any atom is -0.309 e. The molecule has 1 N–H and O–H groups in total. The van der Waals surface area contributed by atoms with Gasteiger partial charge in [0.25, 0.3) is 0 Å². The first-order valence-electron chi connectivity index (χ1n) is 7.47. The number of hydrogen-bond acceptors (Lipinski definition) is 3. The maximum Gasteiger partial charge on any atom is 0.0625 e. The van der Waals surface area contributed by atoms with Gasteiger partial charge < -0.3 is 10.2 Å². The molecule has 1 fully saturated rings. The van der Waals surface area contributed by atoms with E-state index in [4.69, 9.17) is 0 Å². The molecule has 1 heterocycles. The lowest BCUT2D eigenvalue weighted by Crippen LogP contribution is -2.49. The van der Waals surface area contributed by atoms with Gasteiger partial charge in [0, 0.05) is 25.7 Å². The van der Waals surface area contributed by atoms with E-state index in [1.807, 2.05) is 11.7 Å². The maximum atomic E-state index is 4.50. The zero-order chi connectivity index (χ0) is 13.9. The zero-order valence-electron chi connectivity index (χ0n) is 12.9. The third kappa shape index (κ3) is 3.18. The van der Waals surface area contributed by atoms with Crippen molar-refractivity contribution in [1.29, 1.82) is 0 Å². The normalized spacial score (nSPS) is 18.4.